The third kappa shape index (κ3) is 3.01. The van der Waals surface area contributed by atoms with Crippen molar-refractivity contribution in [3.05, 3.63) is 33.8 Å². The fourth-order valence-corrected chi connectivity index (χ4v) is 3.67. The van der Waals surface area contributed by atoms with Crippen LogP contribution in [0.15, 0.2) is 17.5 Å². The van der Waals surface area contributed by atoms with Crippen LogP contribution in [0.2, 0.25) is 0 Å². The maximum atomic E-state index is 5.51. The fraction of sp³-hybridized carbons (Fsp3) is 0.467. The second-order valence-corrected chi connectivity index (χ2v) is 6.68. The molecule has 0 aromatic carbocycles. The summed E-state index contributed by atoms with van der Waals surface area (Å²) in [5.41, 5.74) is 4.04. The zero-order valence-electron chi connectivity index (χ0n) is 12.4. The summed E-state index contributed by atoms with van der Waals surface area (Å²) in [6.07, 6.45) is 3.55. The first-order chi connectivity index (χ1) is 10.2. The maximum Gasteiger partial charge on any atom is 0.145 e. The van der Waals surface area contributed by atoms with Gasteiger partial charge in [0.1, 0.15) is 17.5 Å². The van der Waals surface area contributed by atoms with Gasteiger partial charge >= 0.3 is 0 Å². The smallest absolute Gasteiger partial charge is 0.145 e. The van der Waals surface area contributed by atoms with Crippen LogP contribution in [0.25, 0.3) is 0 Å². The first kappa shape index (κ1) is 14.3. The summed E-state index contributed by atoms with van der Waals surface area (Å²) in [6.45, 7) is 4.16. The van der Waals surface area contributed by atoms with E-state index in [0.29, 0.717) is 11.9 Å². The summed E-state index contributed by atoms with van der Waals surface area (Å²) in [5.74, 6) is 8.07. The zero-order valence-corrected chi connectivity index (χ0v) is 13.2. The van der Waals surface area contributed by atoms with Gasteiger partial charge in [0.2, 0.25) is 0 Å². The summed E-state index contributed by atoms with van der Waals surface area (Å²) in [6, 6.07) is 4.43. The number of anilines is 2. The Morgan fingerprint density at radius 2 is 2.14 bits per heavy atom. The highest BCUT2D eigenvalue weighted by Gasteiger charge is 2.21. The van der Waals surface area contributed by atoms with Crippen molar-refractivity contribution in [2.45, 2.75) is 45.1 Å². The minimum absolute atomic E-state index is 0.266. The Kier molecular flexibility index (Phi) is 4.07. The number of nitrogen functional groups attached to an aromatic ring is 1. The third-order valence-corrected chi connectivity index (χ3v) is 4.78. The number of hydrogen-bond donors (Lipinski definition) is 3. The quantitative estimate of drug-likeness (QED) is 0.596. The highest BCUT2D eigenvalue weighted by atomic mass is 32.1. The molecule has 3 rings (SSSR count). The van der Waals surface area contributed by atoms with Crippen LogP contribution in [-0.2, 0) is 6.42 Å². The lowest BCUT2D eigenvalue weighted by molar-refractivity contribution is 0.605. The molecular weight excluding hydrogens is 282 g/mol. The normalized spacial score (nSPS) is 17.6. The van der Waals surface area contributed by atoms with Gasteiger partial charge in [-0.25, -0.2) is 15.8 Å². The molecule has 0 saturated carbocycles. The van der Waals surface area contributed by atoms with E-state index in [4.69, 9.17) is 5.84 Å². The van der Waals surface area contributed by atoms with Crippen molar-refractivity contribution in [2.75, 3.05) is 10.7 Å². The van der Waals surface area contributed by atoms with Gasteiger partial charge < -0.3 is 10.7 Å². The minimum atomic E-state index is 0.266. The highest BCUT2D eigenvalue weighted by Crippen LogP contribution is 2.35. The van der Waals surface area contributed by atoms with Crippen molar-refractivity contribution in [3.63, 3.8) is 0 Å². The molecule has 0 saturated heterocycles. The summed E-state index contributed by atoms with van der Waals surface area (Å²) >= 11 is 1.85. The van der Waals surface area contributed by atoms with Crippen LogP contribution in [0.3, 0.4) is 0 Å². The highest BCUT2D eigenvalue weighted by molar-refractivity contribution is 7.10. The Hall–Kier alpha value is -1.66. The van der Waals surface area contributed by atoms with E-state index >= 15 is 0 Å². The van der Waals surface area contributed by atoms with Crippen LogP contribution >= 0.6 is 11.3 Å². The number of aromatic nitrogens is 2. The number of rotatable bonds is 4. The van der Waals surface area contributed by atoms with Gasteiger partial charge in [-0.1, -0.05) is 13.8 Å². The van der Waals surface area contributed by atoms with Gasteiger partial charge in [0.15, 0.2) is 0 Å². The van der Waals surface area contributed by atoms with Gasteiger partial charge in [0.25, 0.3) is 0 Å². The molecule has 0 radical (unpaired) electrons. The van der Waals surface area contributed by atoms with E-state index in [-0.39, 0.29) is 5.92 Å². The lowest BCUT2D eigenvalue weighted by Gasteiger charge is -2.24. The number of nitrogens with one attached hydrogen (secondary N) is 2. The van der Waals surface area contributed by atoms with Crippen molar-refractivity contribution in [1.82, 2.24) is 9.97 Å². The molecule has 2 aromatic heterocycles. The lowest BCUT2D eigenvalue weighted by atomic mass is 9.94. The van der Waals surface area contributed by atoms with E-state index in [9.17, 15) is 0 Å². The van der Waals surface area contributed by atoms with Crippen molar-refractivity contribution < 1.29 is 0 Å². The van der Waals surface area contributed by atoms with Gasteiger partial charge in [0.05, 0.1) is 6.04 Å². The number of hydrazine groups is 1. The number of nitrogens with zero attached hydrogens (tertiary/aromatic N) is 2. The molecule has 1 unspecified atom stereocenters. The molecule has 1 aliphatic carbocycles. The molecule has 0 amide bonds. The standard InChI is InChI=1S/C15H21N5S/c1-9(2)15-18-13(8-14(19-15)20-16)17-11-4-3-5-12-10(11)6-7-21-12/h6-9,11H,3-5,16H2,1-2H3,(H2,17,18,19,20). The summed E-state index contributed by atoms with van der Waals surface area (Å²) in [7, 11) is 0. The van der Waals surface area contributed by atoms with Crippen LogP contribution in [0.5, 0.6) is 0 Å². The predicted molar refractivity (Wildman–Crippen MR) is 87.6 cm³/mol. The van der Waals surface area contributed by atoms with E-state index in [1.54, 1.807) is 0 Å². The first-order valence-electron chi connectivity index (χ1n) is 7.35. The van der Waals surface area contributed by atoms with E-state index in [2.05, 4.69) is 46.0 Å². The molecule has 6 heteroatoms. The number of thiophene rings is 1. The zero-order chi connectivity index (χ0) is 14.8. The van der Waals surface area contributed by atoms with E-state index < -0.39 is 0 Å². The molecule has 2 aromatic rings. The summed E-state index contributed by atoms with van der Waals surface area (Å²) < 4.78 is 0. The average Bonchev–Trinajstić information content (AvgIpc) is 2.96. The Labute approximate surface area is 129 Å². The van der Waals surface area contributed by atoms with Crippen molar-refractivity contribution in [3.8, 4) is 0 Å². The number of fused-ring (bicyclic) bond motifs is 1. The van der Waals surface area contributed by atoms with Gasteiger partial charge in [-0.3, -0.25) is 0 Å². The average molecular weight is 303 g/mol. The third-order valence-electron chi connectivity index (χ3n) is 3.78. The van der Waals surface area contributed by atoms with Gasteiger partial charge in [-0.15, -0.1) is 11.3 Å². The van der Waals surface area contributed by atoms with E-state index in [1.807, 2.05) is 17.4 Å². The molecular formula is C15H21N5S. The Bertz CT molecular complexity index is 622. The topological polar surface area (TPSA) is 75.9 Å². The van der Waals surface area contributed by atoms with Crippen LogP contribution in [0.4, 0.5) is 11.6 Å². The van der Waals surface area contributed by atoms with Gasteiger partial charge in [-0.2, -0.15) is 0 Å². The molecule has 5 nitrogen and oxygen atoms in total. The molecule has 2 heterocycles. The van der Waals surface area contributed by atoms with Crippen molar-refractivity contribution >= 4 is 23.0 Å². The molecule has 4 N–H and O–H groups in total. The molecule has 21 heavy (non-hydrogen) atoms. The van der Waals surface area contributed by atoms with Gasteiger partial charge in [-0.05, 0) is 36.3 Å². The molecule has 1 atom stereocenters. The maximum absolute atomic E-state index is 5.51. The van der Waals surface area contributed by atoms with Crippen LogP contribution in [0.1, 0.15) is 54.9 Å². The summed E-state index contributed by atoms with van der Waals surface area (Å²) in [5, 5.41) is 5.73. The second-order valence-electron chi connectivity index (χ2n) is 5.68. The van der Waals surface area contributed by atoms with Crippen molar-refractivity contribution in [2.24, 2.45) is 5.84 Å². The molecule has 0 bridgehead atoms. The van der Waals surface area contributed by atoms with Gasteiger partial charge in [0, 0.05) is 16.9 Å². The predicted octanol–water partition coefficient (Wildman–Crippen LogP) is 3.44. The Morgan fingerprint density at radius 1 is 1.33 bits per heavy atom. The Morgan fingerprint density at radius 3 is 2.90 bits per heavy atom. The number of hydrogen-bond acceptors (Lipinski definition) is 6. The monoisotopic (exact) mass is 303 g/mol. The Balaban J connectivity index is 1.87. The van der Waals surface area contributed by atoms with Crippen LogP contribution in [-0.4, -0.2) is 9.97 Å². The molecule has 0 spiro atoms. The van der Waals surface area contributed by atoms with Crippen molar-refractivity contribution in [1.29, 1.82) is 0 Å². The SMILES string of the molecule is CC(C)c1nc(NN)cc(NC2CCCc3sccc32)n1. The molecule has 112 valence electrons. The minimum Gasteiger partial charge on any atom is -0.363 e. The molecule has 1 aliphatic rings. The van der Waals surface area contributed by atoms with Crippen LogP contribution in [0, 0.1) is 0 Å². The molecule has 0 fully saturated rings. The molecule has 0 aliphatic heterocycles. The largest absolute Gasteiger partial charge is 0.363 e. The fourth-order valence-electron chi connectivity index (χ4n) is 2.69. The number of nitrogens with two attached hydrogens (primary N) is 1. The number of aryl methyl sites for hydroxylation is 1. The van der Waals surface area contributed by atoms with E-state index in [1.165, 1.54) is 23.3 Å². The second kappa shape index (κ2) is 5.99. The lowest BCUT2D eigenvalue weighted by Crippen LogP contribution is -2.18. The van der Waals surface area contributed by atoms with Crippen LogP contribution < -0.4 is 16.6 Å². The first-order valence-corrected chi connectivity index (χ1v) is 8.23. The summed E-state index contributed by atoms with van der Waals surface area (Å²) in [4.78, 5) is 10.5. The van der Waals surface area contributed by atoms with E-state index in [0.717, 1.165) is 18.1 Å².